The summed E-state index contributed by atoms with van der Waals surface area (Å²) in [5.41, 5.74) is 3.20. The molecule has 3 aromatic rings. The zero-order valence-electron chi connectivity index (χ0n) is 10.0. The van der Waals surface area contributed by atoms with E-state index in [0.717, 1.165) is 22.1 Å². The molecule has 0 saturated carbocycles. The minimum absolute atomic E-state index is 0.687. The van der Waals surface area contributed by atoms with Gasteiger partial charge in [0.2, 0.25) is 0 Å². The van der Waals surface area contributed by atoms with Gasteiger partial charge in [-0.05, 0) is 11.4 Å². The van der Waals surface area contributed by atoms with Crippen LogP contribution in [0, 0.1) is 0 Å². The third kappa shape index (κ3) is 1.62. The van der Waals surface area contributed by atoms with Crippen LogP contribution in [0.15, 0.2) is 53.1 Å². The lowest BCUT2D eigenvalue weighted by Crippen LogP contribution is -2.09. The number of hydrogen-bond acceptors (Lipinski definition) is 4. The van der Waals surface area contributed by atoms with Gasteiger partial charge < -0.3 is 0 Å². The summed E-state index contributed by atoms with van der Waals surface area (Å²) in [6.45, 7) is 0.687. The summed E-state index contributed by atoms with van der Waals surface area (Å²) >= 11 is 1.69. The molecule has 0 aliphatic carbocycles. The van der Waals surface area contributed by atoms with Crippen LogP contribution in [-0.2, 0) is 6.54 Å². The van der Waals surface area contributed by atoms with Gasteiger partial charge >= 0.3 is 0 Å². The SMILES string of the molecule is c1ccc(C2=NCc3ccsc3-n3cnnc32)cc1. The van der Waals surface area contributed by atoms with Crippen molar-refractivity contribution in [3.05, 3.63) is 65.1 Å². The smallest absolute Gasteiger partial charge is 0.187 e. The van der Waals surface area contributed by atoms with Gasteiger partial charge in [-0.15, -0.1) is 21.5 Å². The largest absolute Gasteiger partial charge is 0.276 e. The Morgan fingerprint density at radius 2 is 2.00 bits per heavy atom. The first-order valence-electron chi connectivity index (χ1n) is 6.00. The minimum atomic E-state index is 0.687. The maximum absolute atomic E-state index is 4.72. The molecule has 0 unspecified atom stereocenters. The summed E-state index contributed by atoms with van der Waals surface area (Å²) in [6, 6.07) is 12.2. The van der Waals surface area contributed by atoms with E-state index in [0.29, 0.717) is 6.54 Å². The highest BCUT2D eigenvalue weighted by Gasteiger charge is 2.20. The molecule has 0 bridgehead atoms. The predicted molar refractivity (Wildman–Crippen MR) is 75.0 cm³/mol. The number of hydrogen-bond donors (Lipinski definition) is 0. The Hall–Kier alpha value is -2.27. The van der Waals surface area contributed by atoms with Crippen molar-refractivity contribution in [1.29, 1.82) is 0 Å². The fraction of sp³-hybridized carbons (Fsp3) is 0.0714. The topological polar surface area (TPSA) is 43.1 Å². The average molecular weight is 266 g/mol. The van der Waals surface area contributed by atoms with Crippen LogP contribution in [0.1, 0.15) is 17.0 Å². The molecule has 19 heavy (non-hydrogen) atoms. The summed E-state index contributed by atoms with van der Waals surface area (Å²) in [5, 5.41) is 11.5. The molecule has 0 spiro atoms. The van der Waals surface area contributed by atoms with Crippen molar-refractivity contribution in [3.63, 3.8) is 0 Å². The monoisotopic (exact) mass is 266 g/mol. The molecule has 0 fully saturated rings. The molecule has 0 radical (unpaired) electrons. The van der Waals surface area contributed by atoms with Crippen molar-refractivity contribution in [2.45, 2.75) is 6.54 Å². The van der Waals surface area contributed by atoms with E-state index in [9.17, 15) is 0 Å². The van der Waals surface area contributed by atoms with Crippen LogP contribution in [0.3, 0.4) is 0 Å². The Morgan fingerprint density at radius 1 is 1.11 bits per heavy atom. The van der Waals surface area contributed by atoms with Crippen LogP contribution in [0.2, 0.25) is 0 Å². The van der Waals surface area contributed by atoms with E-state index in [1.54, 1.807) is 17.7 Å². The standard InChI is InChI=1S/C14H10N4S/c1-2-4-10(5-3-1)12-13-17-16-9-18(13)14-11(8-15-12)6-7-19-14/h1-7,9H,8H2. The molecule has 0 saturated heterocycles. The first-order chi connectivity index (χ1) is 9.43. The van der Waals surface area contributed by atoms with Crippen LogP contribution in [-0.4, -0.2) is 20.5 Å². The molecule has 3 heterocycles. The summed E-state index contributed by atoms with van der Waals surface area (Å²) in [6.07, 6.45) is 1.76. The van der Waals surface area contributed by atoms with Crippen molar-refractivity contribution in [2.24, 2.45) is 4.99 Å². The minimum Gasteiger partial charge on any atom is -0.276 e. The number of nitrogens with zero attached hydrogens (tertiary/aromatic N) is 4. The molecule has 92 valence electrons. The van der Waals surface area contributed by atoms with Crippen LogP contribution in [0.25, 0.3) is 5.00 Å². The first kappa shape index (κ1) is 10.6. The fourth-order valence-electron chi connectivity index (χ4n) is 2.26. The van der Waals surface area contributed by atoms with Crippen molar-refractivity contribution < 1.29 is 0 Å². The highest BCUT2D eigenvalue weighted by molar-refractivity contribution is 7.12. The van der Waals surface area contributed by atoms with Crippen LogP contribution < -0.4 is 0 Å². The third-order valence-corrected chi connectivity index (χ3v) is 4.11. The average Bonchev–Trinajstić information content (AvgIpc) is 3.07. The number of fused-ring (bicyclic) bond motifs is 3. The quantitative estimate of drug-likeness (QED) is 0.679. The van der Waals surface area contributed by atoms with Gasteiger partial charge in [0.15, 0.2) is 5.82 Å². The molecule has 4 nitrogen and oxygen atoms in total. The summed E-state index contributed by atoms with van der Waals surface area (Å²) in [7, 11) is 0. The summed E-state index contributed by atoms with van der Waals surface area (Å²) < 4.78 is 2.03. The van der Waals surface area contributed by atoms with Gasteiger partial charge in [-0.3, -0.25) is 9.56 Å². The molecule has 0 N–H and O–H groups in total. The van der Waals surface area contributed by atoms with E-state index in [1.807, 2.05) is 22.8 Å². The Morgan fingerprint density at radius 3 is 2.89 bits per heavy atom. The van der Waals surface area contributed by atoms with E-state index in [4.69, 9.17) is 4.99 Å². The molecule has 0 amide bonds. The van der Waals surface area contributed by atoms with Crippen molar-refractivity contribution in [2.75, 3.05) is 0 Å². The van der Waals surface area contributed by atoms with Crippen molar-refractivity contribution >= 4 is 17.0 Å². The molecule has 1 aromatic carbocycles. The van der Waals surface area contributed by atoms with E-state index >= 15 is 0 Å². The van der Waals surface area contributed by atoms with E-state index in [1.165, 1.54) is 5.56 Å². The maximum Gasteiger partial charge on any atom is 0.187 e. The first-order valence-corrected chi connectivity index (χ1v) is 6.88. The van der Waals surface area contributed by atoms with Crippen molar-refractivity contribution in [3.8, 4) is 5.00 Å². The van der Waals surface area contributed by atoms with Gasteiger partial charge in [-0.2, -0.15) is 0 Å². The molecule has 4 rings (SSSR count). The zero-order chi connectivity index (χ0) is 12.7. The van der Waals surface area contributed by atoms with Crippen molar-refractivity contribution in [1.82, 2.24) is 14.8 Å². The second-order valence-electron chi connectivity index (χ2n) is 4.31. The molecular weight excluding hydrogens is 256 g/mol. The van der Waals surface area contributed by atoms with E-state index in [2.05, 4.69) is 33.8 Å². The van der Waals surface area contributed by atoms with Gasteiger partial charge in [0, 0.05) is 11.1 Å². The highest BCUT2D eigenvalue weighted by Crippen LogP contribution is 2.27. The Labute approximate surface area is 114 Å². The number of benzene rings is 1. The second kappa shape index (κ2) is 4.13. The normalized spacial score (nSPS) is 13.4. The number of aliphatic imine (C=N–C) groups is 1. The third-order valence-electron chi connectivity index (χ3n) is 3.16. The van der Waals surface area contributed by atoms with Crippen LogP contribution in [0.5, 0.6) is 0 Å². The number of aromatic nitrogens is 3. The lowest BCUT2D eigenvalue weighted by molar-refractivity contribution is 1.03. The Kier molecular flexibility index (Phi) is 2.31. The van der Waals surface area contributed by atoms with E-state index in [-0.39, 0.29) is 0 Å². The maximum atomic E-state index is 4.72. The summed E-state index contributed by atoms with van der Waals surface area (Å²) in [5.74, 6) is 0.812. The Bertz CT molecular complexity index is 755. The van der Waals surface area contributed by atoms with Gasteiger partial charge in [-0.25, -0.2) is 0 Å². The fourth-order valence-corrected chi connectivity index (χ4v) is 3.15. The van der Waals surface area contributed by atoms with E-state index < -0.39 is 0 Å². The van der Waals surface area contributed by atoms with Gasteiger partial charge in [0.05, 0.1) is 6.54 Å². The predicted octanol–water partition coefficient (Wildman–Crippen LogP) is 2.68. The second-order valence-corrected chi connectivity index (χ2v) is 5.20. The molecule has 0 atom stereocenters. The van der Waals surface area contributed by atoms with Crippen LogP contribution in [0.4, 0.5) is 0 Å². The molecule has 2 aromatic heterocycles. The zero-order valence-corrected chi connectivity index (χ0v) is 10.8. The van der Waals surface area contributed by atoms with Crippen LogP contribution >= 0.6 is 11.3 Å². The number of thiophene rings is 1. The van der Waals surface area contributed by atoms with Gasteiger partial charge in [0.25, 0.3) is 0 Å². The molecule has 1 aliphatic rings. The number of rotatable bonds is 1. The summed E-state index contributed by atoms with van der Waals surface area (Å²) in [4.78, 5) is 4.72. The lowest BCUT2D eigenvalue weighted by Gasteiger charge is -2.05. The molecule has 5 heteroatoms. The lowest BCUT2D eigenvalue weighted by atomic mass is 10.1. The van der Waals surface area contributed by atoms with Gasteiger partial charge in [0.1, 0.15) is 17.0 Å². The molecule has 1 aliphatic heterocycles. The molecular formula is C14H10N4S. The highest BCUT2D eigenvalue weighted by atomic mass is 32.1. The Balaban J connectivity index is 1.95. The van der Waals surface area contributed by atoms with Gasteiger partial charge in [-0.1, -0.05) is 30.3 Å².